The van der Waals surface area contributed by atoms with Crippen LogP contribution in [-0.4, -0.2) is 31.2 Å². The number of halogens is 2. The van der Waals surface area contributed by atoms with Crippen molar-refractivity contribution >= 4 is 56.9 Å². The maximum absolute atomic E-state index is 14.2. The van der Waals surface area contributed by atoms with Crippen LogP contribution >= 0.6 is 23.3 Å². The van der Waals surface area contributed by atoms with Gasteiger partial charge in [-0.3, -0.25) is 4.79 Å². The van der Waals surface area contributed by atoms with Crippen molar-refractivity contribution in [3.05, 3.63) is 83.2 Å². The summed E-state index contributed by atoms with van der Waals surface area (Å²) in [5.41, 5.74) is 4.66. The Balaban J connectivity index is 1.54. The molecule has 0 fully saturated rings. The van der Waals surface area contributed by atoms with Gasteiger partial charge in [0.1, 0.15) is 22.7 Å². The summed E-state index contributed by atoms with van der Waals surface area (Å²) in [5.74, 6) is -0.437. The van der Waals surface area contributed by atoms with Crippen LogP contribution in [0.5, 0.6) is 0 Å². The van der Waals surface area contributed by atoms with Gasteiger partial charge in [-0.15, -0.1) is 11.3 Å². The Kier molecular flexibility index (Phi) is 6.36. The summed E-state index contributed by atoms with van der Waals surface area (Å²) in [6.45, 7) is 0. The van der Waals surface area contributed by atoms with Crippen LogP contribution in [0.15, 0.2) is 74.9 Å². The molecule has 0 saturated carbocycles. The molecule has 1 amide bonds. The molecule has 0 aliphatic rings. The first-order chi connectivity index (χ1) is 18.9. The number of carbonyl (C=O) groups is 1. The maximum Gasteiger partial charge on any atom is 0.255 e. The number of nitrogens with zero attached hydrogens (tertiary/aromatic N) is 2. The molecule has 0 atom stereocenters. The largest absolute Gasteiger partial charge is 0.455 e. The molecule has 0 bridgehead atoms. The molecule has 0 radical (unpaired) electrons. The SMILES string of the molecule is CNC(=O)c1c(-c2ccc(F)cc2)oc2cc(N(C)SC)c(-c3csc(-c4nc5c(F)cccc5o4)c3)cc12. The van der Waals surface area contributed by atoms with Gasteiger partial charge in [0.25, 0.3) is 5.91 Å². The molecule has 6 rings (SSSR count). The first-order valence-electron chi connectivity index (χ1n) is 11.9. The third kappa shape index (κ3) is 4.35. The number of hydrogen-bond acceptors (Lipinski definition) is 7. The summed E-state index contributed by atoms with van der Waals surface area (Å²) in [5, 5.41) is 5.29. The van der Waals surface area contributed by atoms with E-state index in [1.165, 1.54) is 41.5 Å². The van der Waals surface area contributed by atoms with Crippen molar-refractivity contribution in [1.29, 1.82) is 0 Å². The zero-order chi connectivity index (χ0) is 27.3. The Hall–Kier alpha value is -4.15. The van der Waals surface area contributed by atoms with Gasteiger partial charge in [0.15, 0.2) is 11.4 Å². The summed E-state index contributed by atoms with van der Waals surface area (Å²) in [6.07, 6.45) is 1.96. The average Bonchev–Trinajstić information content (AvgIpc) is 3.69. The van der Waals surface area contributed by atoms with Crippen LogP contribution in [-0.2, 0) is 0 Å². The van der Waals surface area contributed by atoms with Crippen LogP contribution in [0, 0.1) is 11.6 Å². The fourth-order valence-corrected chi connectivity index (χ4v) is 5.67. The Morgan fingerprint density at radius 3 is 2.54 bits per heavy atom. The van der Waals surface area contributed by atoms with Gasteiger partial charge < -0.3 is 18.5 Å². The molecule has 39 heavy (non-hydrogen) atoms. The number of aromatic nitrogens is 1. The van der Waals surface area contributed by atoms with E-state index in [2.05, 4.69) is 10.3 Å². The molecule has 0 unspecified atom stereocenters. The van der Waals surface area contributed by atoms with Gasteiger partial charge in [-0.25, -0.2) is 13.8 Å². The fourth-order valence-electron chi connectivity index (χ4n) is 4.49. The lowest BCUT2D eigenvalue weighted by Crippen LogP contribution is -2.18. The number of para-hydroxylation sites is 1. The topological polar surface area (TPSA) is 71.5 Å². The molecule has 0 aliphatic carbocycles. The molecule has 1 N–H and O–H groups in total. The lowest BCUT2D eigenvalue weighted by Gasteiger charge is -2.19. The van der Waals surface area contributed by atoms with Crippen molar-refractivity contribution in [1.82, 2.24) is 10.3 Å². The smallest absolute Gasteiger partial charge is 0.255 e. The highest BCUT2D eigenvalue weighted by atomic mass is 32.2. The Bertz CT molecular complexity index is 1860. The first kappa shape index (κ1) is 25.1. The van der Waals surface area contributed by atoms with Crippen molar-refractivity contribution in [3.63, 3.8) is 0 Å². The predicted molar refractivity (Wildman–Crippen MR) is 153 cm³/mol. The number of oxazole rings is 1. The molecule has 3 aromatic heterocycles. The maximum atomic E-state index is 14.2. The van der Waals surface area contributed by atoms with Gasteiger partial charge in [-0.1, -0.05) is 18.0 Å². The van der Waals surface area contributed by atoms with Crippen molar-refractivity contribution < 1.29 is 22.4 Å². The Labute approximate surface area is 230 Å². The van der Waals surface area contributed by atoms with E-state index in [-0.39, 0.29) is 17.2 Å². The zero-order valence-corrected chi connectivity index (χ0v) is 22.7. The number of thiophene rings is 1. The number of hydrogen-bond donors (Lipinski definition) is 1. The number of anilines is 1. The molecule has 196 valence electrons. The van der Waals surface area contributed by atoms with Crippen LogP contribution in [0.3, 0.4) is 0 Å². The summed E-state index contributed by atoms with van der Waals surface area (Å²) < 4.78 is 41.9. The lowest BCUT2D eigenvalue weighted by atomic mass is 9.99. The minimum Gasteiger partial charge on any atom is -0.455 e. The molecular weight excluding hydrogens is 540 g/mol. The van der Waals surface area contributed by atoms with Gasteiger partial charge in [0.2, 0.25) is 5.89 Å². The van der Waals surface area contributed by atoms with Crippen molar-refractivity contribution in [2.24, 2.45) is 0 Å². The second-order valence-electron chi connectivity index (χ2n) is 8.74. The zero-order valence-electron chi connectivity index (χ0n) is 21.0. The standard InChI is InChI=1S/C29H21F2N3O3S2/c1-32-28(35)25-19-12-18(16-11-24(39-14-16)29-33-26-20(31)5-4-6-22(26)37-29)21(34(2)38-3)13-23(19)36-27(25)15-7-9-17(30)10-8-15/h4-14H,1-3H3,(H,32,35). The number of nitrogens with one attached hydrogen (secondary N) is 1. The van der Waals surface area contributed by atoms with Crippen LogP contribution in [0.2, 0.25) is 0 Å². The van der Waals surface area contributed by atoms with E-state index in [9.17, 15) is 13.6 Å². The molecule has 3 heterocycles. The van der Waals surface area contributed by atoms with Crippen LogP contribution in [0.25, 0.3) is 55.3 Å². The molecule has 0 aliphatic heterocycles. The third-order valence-electron chi connectivity index (χ3n) is 6.47. The van der Waals surface area contributed by atoms with E-state index >= 15 is 0 Å². The van der Waals surface area contributed by atoms with E-state index in [1.807, 2.05) is 41.2 Å². The van der Waals surface area contributed by atoms with Gasteiger partial charge in [-0.05, 0) is 59.5 Å². The second kappa shape index (κ2) is 9.87. The number of carbonyl (C=O) groups excluding carboxylic acids is 1. The van der Waals surface area contributed by atoms with Crippen molar-refractivity contribution in [3.8, 4) is 33.2 Å². The first-order valence-corrected chi connectivity index (χ1v) is 13.9. The monoisotopic (exact) mass is 561 g/mol. The number of fused-ring (bicyclic) bond motifs is 2. The molecule has 6 nitrogen and oxygen atoms in total. The number of rotatable bonds is 6. The van der Waals surface area contributed by atoms with Crippen LogP contribution in [0.4, 0.5) is 14.5 Å². The van der Waals surface area contributed by atoms with E-state index in [1.54, 1.807) is 31.3 Å². The minimum absolute atomic E-state index is 0.189. The Morgan fingerprint density at radius 2 is 1.82 bits per heavy atom. The van der Waals surface area contributed by atoms with Gasteiger partial charge >= 0.3 is 0 Å². The predicted octanol–water partition coefficient (Wildman–Crippen LogP) is 7.99. The van der Waals surface area contributed by atoms with Gasteiger partial charge in [0.05, 0.1) is 16.1 Å². The molecule has 10 heteroatoms. The minimum atomic E-state index is -0.438. The highest BCUT2D eigenvalue weighted by molar-refractivity contribution is 7.99. The normalized spacial score (nSPS) is 11.4. The highest BCUT2D eigenvalue weighted by Gasteiger charge is 2.25. The number of furan rings is 1. The van der Waals surface area contributed by atoms with Crippen LogP contribution in [0.1, 0.15) is 10.4 Å². The van der Waals surface area contributed by atoms with E-state index in [0.717, 1.165) is 21.7 Å². The van der Waals surface area contributed by atoms with Gasteiger partial charge in [0, 0.05) is 42.9 Å². The highest BCUT2D eigenvalue weighted by Crippen LogP contribution is 2.44. The third-order valence-corrected chi connectivity index (χ3v) is 8.13. The molecule has 0 saturated heterocycles. The fraction of sp³-hybridized carbons (Fsp3) is 0.103. The quantitative estimate of drug-likeness (QED) is 0.208. The average molecular weight is 562 g/mol. The summed E-state index contributed by atoms with van der Waals surface area (Å²) in [7, 11) is 3.50. The number of amides is 1. The van der Waals surface area contributed by atoms with E-state index in [4.69, 9.17) is 8.83 Å². The molecule has 0 spiro atoms. The van der Waals surface area contributed by atoms with Gasteiger partial charge in [-0.2, -0.15) is 0 Å². The Morgan fingerprint density at radius 1 is 1.03 bits per heavy atom. The number of benzene rings is 3. The second-order valence-corrected chi connectivity index (χ2v) is 10.6. The van der Waals surface area contributed by atoms with E-state index < -0.39 is 5.82 Å². The van der Waals surface area contributed by atoms with E-state index in [0.29, 0.717) is 39.3 Å². The summed E-state index contributed by atoms with van der Waals surface area (Å²) >= 11 is 2.95. The lowest BCUT2D eigenvalue weighted by molar-refractivity contribution is 0.0964. The molecular formula is C29H21F2N3O3S2. The van der Waals surface area contributed by atoms with Crippen LogP contribution < -0.4 is 9.62 Å². The van der Waals surface area contributed by atoms with Crippen molar-refractivity contribution in [2.45, 2.75) is 0 Å². The summed E-state index contributed by atoms with van der Waals surface area (Å²) in [4.78, 5) is 18.2. The molecule has 6 aromatic rings. The van der Waals surface area contributed by atoms with Crippen molar-refractivity contribution in [2.75, 3.05) is 24.7 Å². The molecule has 3 aromatic carbocycles. The summed E-state index contributed by atoms with van der Waals surface area (Å²) in [6, 6.07) is 16.2.